The van der Waals surface area contributed by atoms with Crippen molar-refractivity contribution >= 4 is 15.5 Å². The number of sulfone groups is 1. The van der Waals surface area contributed by atoms with Crippen molar-refractivity contribution in [2.45, 2.75) is 44.5 Å². The summed E-state index contributed by atoms with van der Waals surface area (Å²) in [7, 11) is -4.65. The van der Waals surface area contributed by atoms with E-state index in [1.165, 1.54) is 18.2 Å². The van der Waals surface area contributed by atoms with Gasteiger partial charge in [-0.25, -0.2) is 8.42 Å². The average Bonchev–Trinajstić information content (AvgIpc) is 2.79. The molecule has 1 aromatic carbocycles. The lowest BCUT2D eigenvalue weighted by Crippen LogP contribution is -2.14. The number of alkyl halides is 2. The molecule has 1 N–H and O–H groups in total. The Morgan fingerprint density at radius 3 is 2.48 bits per heavy atom. The molecule has 0 saturated heterocycles. The highest BCUT2D eigenvalue weighted by atomic mass is 32.2. The molecule has 0 radical (unpaired) electrons. The number of nitrogens with zero attached hydrogens (tertiary/aromatic N) is 2. The number of aryl methyl sites for hydroxylation is 2. The molecule has 0 aliphatic rings. The van der Waals surface area contributed by atoms with E-state index in [1.54, 1.807) is 6.07 Å². The summed E-state index contributed by atoms with van der Waals surface area (Å²) in [5.74, 6) is -3.45. The number of benzene rings is 1. The number of halogens is 2. The minimum absolute atomic E-state index is 0.163. The van der Waals surface area contributed by atoms with Crippen molar-refractivity contribution in [3.05, 3.63) is 41.2 Å². The molecule has 0 saturated carbocycles. The van der Waals surface area contributed by atoms with Crippen molar-refractivity contribution in [3.8, 4) is 0 Å². The molecule has 0 aliphatic heterocycles. The average molecular weight is 343 g/mol. The quantitative estimate of drug-likeness (QED) is 0.875. The standard InChI is InChI=1S/C15H19F2N3O2S/c1-4-20-11(3)12(10(2)19-20)9-18-13-7-5-6-8-14(13)23(21,22)15(16)17/h5-8,15,18H,4,9H2,1-3H3. The molecule has 1 aromatic heterocycles. The summed E-state index contributed by atoms with van der Waals surface area (Å²) < 4.78 is 50.9. The zero-order chi connectivity index (χ0) is 17.2. The summed E-state index contributed by atoms with van der Waals surface area (Å²) in [4.78, 5) is -0.395. The first kappa shape index (κ1) is 17.4. The maximum Gasteiger partial charge on any atom is 0.341 e. The van der Waals surface area contributed by atoms with Crippen molar-refractivity contribution in [1.29, 1.82) is 0 Å². The van der Waals surface area contributed by atoms with Crippen LogP contribution in [0.2, 0.25) is 0 Å². The van der Waals surface area contributed by atoms with Gasteiger partial charge in [-0.15, -0.1) is 0 Å². The monoisotopic (exact) mass is 343 g/mol. The summed E-state index contributed by atoms with van der Waals surface area (Å²) in [6, 6.07) is 5.68. The van der Waals surface area contributed by atoms with Gasteiger partial charge in [-0.1, -0.05) is 12.1 Å². The molecule has 0 unspecified atom stereocenters. The molecule has 0 spiro atoms. The van der Waals surface area contributed by atoms with Gasteiger partial charge in [0.05, 0.1) is 16.3 Å². The van der Waals surface area contributed by atoms with Crippen molar-refractivity contribution < 1.29 is 17.2 Å². The number of anilines is 1. The molecule has 8 heteroatoms. The first-order valence-electron chi connectivity index (χ1n) is 7.16. The van der Waals surface area contributed by atoms with Crippen LogP contribution in [0, 0.1) is 13.8 Å². The van der Waals surface area contributed by atoms with Gasteiger partial charge in [-0.2, -0.15) is 13.9 Å². The molecule has 5 nitrogen and oxygen atoms in total. The van der Waals surface area contributed by atoms with Gasteiger partial charge in [0.2, 0.25) is 9.84 Å². The van der Waals surface area contributed by atoms with E-state index in [4.69, 9.17) is 0 Å². The first-order valence-corrected chi connectivity index (χ1v) is 8.71. The van der Waals surface area contributed by atoms with Crippen molar-refractivity contribution in [2.24, 2.45) is 0 Å². The normalized spacial score (nSPS) is 11.9. The van der Waals surface area contributed by atoms with E-state index in [0.717, 1.165) is 23.5 Å². The van der Waals surface area contributed by atoms with Gasteiger partial charge in [0.15, 0.2) is 0 Å². The van der Waals surface area contributed by atoms with Crippen LogP contribution in [-0.2, 0) is 22.9 Å². The predicted octanol–water partition coefficient (Wildman–Crippen LogP) is 3.13. The molecule has 2 aromatic rings. The Balaban J connectivity index is 2.31. The highest BCUT2D eigenvalue weighted by molar-refractivity contribution is 7.91. The molecule has 23 heavy (non-hydrogen) atoms. The minimum atomic E-state index is -4.65. The fraction of sp³-hybridized carbons (Fsp3) is 0.400. The largest absolute Gasteiger partial charge is 0.380 e. The van der Waals surface area contributed by atoms with Crippen LogP contribution >= 0.6 is 0 Å². The van der Waals surface area contributed by atoms with Gasteiger partial charge in [0, 0.05) is 24.3 Å². The van der Waals surface area contributed by atoms with Gasteiger partial charge in [-0.05, 0) is 32.9 Å². The second-order valence-electron chi connectivity index (χ2n) is 5.12. The van der Waals surface area contributed by atoms with E-state index in [2.05, 4.69) is 10.4 Å². The predicted molar refractivity (Wildman–Crippen MR) is 84.3 cm³/mol. The summed E-state index contributed by atoms with van der Waals surface area (Å²) in [5, 5.41) is 7.32. The van der Waals surface area contributed by atoms with Crippen molar-refractivity contribution in [3.63, 3.8) is 0 Å². The third kappa shape index (κ3) is 3.36. The molecule has 0 aliphatic carbocycles. The topological polar surface area (TPSA) is 64.0 Å². The van der Waals surface area contributed by atoms with E-state index in [0.29, 0.717) is 6.54 Å². The Bertz CT molecular complexity index is 801. The van der Waals surface area contributed by atoms with Crippen LogP contribution in [0.4, 0.5) is 14.5 Å². The number of aromatic nitrogens is 2. The van der Waals surface area contributed by atoms with Gasteiger partial charge in [0.1, 0.15) is 0 Å². The summed E-state index contributed by atoms with van der Waals surface area (Å²) >= 11 is 0. The molecular weight excluding hydrogens is 324 g/mol. The molecule has 0 atom stereocenters. The number of hydrogen-bond acceptors (Lipinski definition) is 4. The zero-order valence-corrected chi connectivity index (χ0v) is 14.0. The first-order chi connectivity index (χ1) is 10.8. The van der Waals surface area contributed by atoms with Gasteiger partial charge < -0.3 is 5.32 Å². The SMILES string of the molecule is CCn1nc(C)c(CNc2ccccc2S(=O)(=O)C(F)F)c1C. The Labute approximate surface area is 134 Å². The Morgan fingerprint density at radius 2 is 1.91 bits per heavy atom. The van der Waals surface area contributed by atoms with Crippen LogP contribution in [0.1, 0.15) is 23.9 Å². The third-order valence-electron chi connectivity index (χ3n) is 3.71. The van der Waals surface area contributed by atoms with E-state index in [-0.39, 0.29) is 5.69 Å². The number of nitrogens with one attached hydrogen (secondary N) is 1. The molecule has 126 valence electrons. The lowest BCUT2D eigenvalue weighted by molar-refractivity contribution is 0.235. The zero-order valence-electron chi connectivity index (χ0n) is 13.2. The second kappa shape index (κ2) is 6.66. The smallest absolute Gasteiger partial charge is 0.341 e. The molecule has 0 fully saturated rings. The number of para-hydroxylation sites is 1. The van der Waals surface area contributed by atoms with E-state index in [9.17, 15) is 17.2 Å². The highest BCUT2D eigenvalue weighted by Gasteiger charge is 2.29. The fourth-order valence-corrected chi connectivity index (χ4v) is 3.35. The van der Waals surface area contributed by atoms with Gasteiger partial charge in [0.25, 0.3) is 0 Å². The highest BCUT2D eigenvalue weighted by Crippen LogP contribution is 2.27. The van der Waals surface area contributed by atoms with Crippen LogP contribution in [-0.4, -0.2) is 24.0 Å². The summed E-state index contributed by atoms with van der Waals surface area (Å²) in [5.41, 5.74) is 2.88. The van der Waals surface area contributed by atoms with E-state index >= 15 is 0 Å². The third-order valence-corrected chi connectivity index (χ3v) is 5.15. The molecular formula is C15H19F2N3O2S. The molecule has 0 amide bonds. The van der Waals surface area contributed by atoms with E-state index in [1.807, 2.05) is 25.5 Å². The van der Waals surface area contributed by atoms with E-state index < -0.39 is 20.5 Å². The molecule has 1 heterocycles. The summed E-state index contributed by atoms with van der Waals surface area (Å²) in [6.07, 6.45) is 0. The lowest BCUT2D eigenvalue weighted by atomic mass is 10.2. The number of rotatable bonds is 6. The van der Waals surface area contributed by atoms with Crippen LogP contribution in [0.5, 0.6) is 0 Å². The Kier molecular flexibility index (Phi) is 5.03. The maximum atomic E-state index is 12.8. The minimum Gasteiger partial charge on any atom is -0.380 e. The van der Waals surface area contributed by atoms with Crippen molar-refractivity contribution in [2.75, 3.05) is 5.32 Å². The van der Waals surface area contributed by atoms with Gasteiger partial charge >= 0.3 is 5.76 Å². The summed E-state index contributed by atoms with van der Waals surface area (Å²) in [6.45, 7) is 6.79. The lowest BCUT2D eigenvalue weighted by Gasteiger charge is -2.12. The van der Waals surface area contributed by atoms with Crippen molar-refractivity contribution in [1.82, 2.24) is 9.78 Å². The van der Waals surface area contributed by atoms with Crippen LogP contribution < -0.4 is 5.32 Å². The Hall–Kier alpha value is -1.96. The molecule has 2 rings (SSSR count). The van der Waals surface area contributed by atoms with Crippen LogP contribution in [0.25, 0.3) is 0 Å². The Morgan fingerprint density at radius 1 is 1.26 bits per heavy atom. The number of hydrogen-bond donors (Lipinski definition) is 1. The van der Waals surface area contributed by atoms with Crippen LogP contribution in [0.3, 0.4) is 0 Å². The fourth-order valence-electron chi connectivity index (χ4n) is 2.44. The van der Waals surface area contributed by atoms with Crippen LogP contribution in [0.15, 0.2) is 29.2 Å². The maximum absolute atomic E-state index is 12.8. The van der Waals surface area contributed by atoms with Gasteiger partial charge in [-0.3, -0.25) is 4.68 Å². The second-order valence-corrected chi connectivity index (χ2v) is 7.01. The molecule has 0 bridgehead atoms.